The van der Waals surface area contributed by atoms with Crippen LogP contribution in [-0.4, -0.2) is 37.8 Å². The Morgan fingerprint density at radius 3 is 2.50 bits per heavy atom. The summed E-state index contributed by atoms with van der Waals surface area (Å²) in [6, 6.07) is 15.3. The number of benzene rings is 2. The van der Waals surface area contributed by atoms with Gasteiger partial charge < -0.3 is 24.8 Å². The molecular formula is C21H24N4O3. The van der Waals surface area contributed by atoms with Crippen LogP contribution in [0.25, 0.3) is 0 Å². The lowest BCUT2D eigenvalue weighted by atomic mass is 10.1. The summed E-state index contributed by atoms with van der Waals surface area (Å²) in [6.07, 6.45) is 2.51. The zero-order chi connectivity index (χ0) is 19.8. The van der Waals surface area contributed by atoms with E-state index in [9.17, 15) is 0 Å². The second kappa shape index (κ2) is 9.45. The van der Waals surface area contributed by atoms with Crippen molar-refractivity contribution in [1.82, 2.24) is 9.97 Å². The first-order valence-corrected chi connectivity index (χ1v) is 8.91. The van der Waals surface area contributed by atoms with Crippen molar-refractivity contribution in [2.75, 3.05) is 38.5 Å². The van der Waals surface area contributed by atoms with Crippen LogP contribution in [0.15, 0.2) is 54.7 Å². The molecule has 0 atom stereocenters. The zero-order valence-electron chi connectivity index (χ0n) is 16.2. The summed E-state index contributed by atoms with van der Waals surface area (Å²) in [4.78, 5) is 8.79. The highest BCUT2D eigenvalue weighted by Crippen LogP contribution is 2.31. The monoisotopic (exact) mass is 380 g/mol. The molecular weight excluding hydrogens is 356 g/mol. The number of methoxy groups -OCH3 is 3. The van der Waals surface area contributed by atoms with Gasteiger partial charge in [-0.1, -0.05) is 18.2 Å². The molecule has 0 saturated carbocycles. The van der Waals surface area contributed by atoms with Gasteiger partial charge in [0.25, 0.3) is 0 Å². The molecule has 0 fully saturated rings. The first-order valence-electron chi connectivity index (χ1n) is 8.91. The summed E-state index contributed by atoms with van der Waals surface area (Å²) in [5, 5.41) is 6.50. The summed E-state index contributed by atoms with van der Waals surface area (Å²) in [5.41, 5.74) is 1.93. The number of hydrogen-bond donors (Lipinski definition) is 2. The molecule has 3 aromatic rings. The number of rotatable bonds is 9. The summed E-state index contributed by atoms with van der Waals surface area (Å²) < 4.78 is 16.0. The van der Waals surface area contributed by atoms with Crippen LogP contribution in [0.2, 0.25) is 0 Å². The number of ether oxygens (including phenoxy) is 3. The van der Waals surface area contributed by atoms with E-state index in [0.717, 1.165) is 29.2 Å². The highest BCUT2D eigenvalue weighted by Gasteiger charge is 2.07. The van der Waals surface area contributed by atoms with E-state index in [2.05, 4.69) is 26.7 Å². The average Bonchev–Trinajstić information content (AvgIpc) is 2.74. The lowest BCUT2D eigenvalue weighted by Crippen LogP contribution is -2.09. The molecule has 2 aromatic carbocycles. The Morgan fingerprint density at radius 1 is 0.893 bits per heavy atom. The SMILES string of the molecule is COc1ccc(Nc2ccnc(NCCc3ccccc3OC)n2)c(OC)c1. The Bertz CT molecular complexity index is 918. The van der Waals surface area contributed by atoms with Crippen LogP contribution in [0.1, 0.15) is 5.56 Å². The quantitative estimate of drug-likeness (QED) is 0.583. The van der Waals surface area contributed by atoms with Crippen LogP contribution in [0.3, 0.4) is 0 Å². The zero-order valence-corrected chi connectivity index (χ0v) is 16.2. The van der Waals surface area contributed by atoms with Crippen LogP contribution in [0.4, 0.5) is 17.5 Å². The van der Waals surface area contributed by atoms with Crippen LogP contribution in [0.5, 0.6) is 17.2 Å². The fourth-order valence-corrected chi connectivity index (χ4v) is 2.77. The number of hydrogen-bond acceptors (Lipinski definition) is 7. The first kappa shape index (κ1) is 19.3. The van der Waals surface area contributed by atoms with E-state index >= 15 is 0 Å². The van der Waals surface area contributed by atoms with Gasteiger partial charge in [0.15, 0.2) is 0 Å². The first-order chi connectivity index (χ1) is 13.7. The fourth-order valence-electron chi connectivity index (χ4n) is 2.77. The molecule has 146 valence electrons. The molecule has 0 spiro atoms. The topological polar surface area (TPSA) is 77.5 Å². The van der Waals surface area contributed by atoms with Crippen LogP contribution >= 0.6 is 0 Å². The molecule has 0 aliphatic carbocycles. The van der Waals surface area contributed by atoms with Crippen molar-refractivity contribution >= 4 is 17.5 Å². The molecule has 0 aliphatic heterocycles. The van der Waals surface area contributed by atoms with Crippen molar-refractivity contribution in [1.29, 1.82) is 0 Å². The number of anilines is 3. The van der Waals surface area contributed by atoms with Gasteiger partial charge in [-0.05, 0) is 36.2 Å². The van der Waals surface area contributed by atoms with Gasteiger partial charge in [0.1, 0.15) is 23.1 Å². The van der Waals surface area contributed by atoms with Gasteiger partial charge in [-0.25, -0.2) is 4.98 Å². The molecule has 28 heavy (non-hydrogen) atoms. The molecule has 0 saturated heterocycles. The molecule has 1 aromatic heterocycles. The lowest BCUT2D eigenvalue weighted by Gasteiger charge is -2.13. The minimum Gasteiger partial charge on any atom is -0.497 e. The van der Waals surface area contributed by atoms with E-state index in [-0.39, 0.29) is 0 Å². The third-order valence-corrected chi connectivity index (χ3v) is 4.20. The fraction of sp³-hybridized carbons (Fsp3) is 0.238. The van der Waals surface area contributed by atoms with Gasteiger partial charge in [-0.15, -0.1) is 0 Å². The van der Waals surface area contributed by atoms with Gasteiger partial charge in [0.05, 0.1) is 27.0 Å². The third-order valence-electron chi connectivity index (χ3n) is 4.20. The Morgan fingerprint density at radius 2 is 1.71 bits per heavy atom. The van der Waals surface area contributed by atoms with Gasteiger partial charge >= 0.3 is 0 Å². The van der Waals surface area contributed by atoms with Crippen LogP contribution < -0.4 is 24.8 Å². The normalized spacial score (nSPS) is 10.2. The largest absolute Gasteiger partial charge is 0.497 e. The second-order valence-corrected chi connectivity index (χ2v) is 5.95. The predicted molar refractivity (Wildman–Crippen MR) is 110 cm³/mol. The molecule has 0 unspecified atom stereocenters. The number of nitrogens with one attached hydrogen (secondary N) is 2. The average molecular weight is 380 g/mol. The third kappa shape index (κ3) is 4.82. The van der Waals surface area contributed by atoms with Crippen molar-refractivity contribution in [3.05, 3.63) is 60.3 Å². The van der Waals surface area contributed by atoms with Gasteiger partial charge in [-0.3, -0.25) is 0 Å². The maximum atomic E-state index is 5.41. The molecule has 7 nitrogen and oxygen atoms in total. The molecule has 0 radical (unpaired) electrons. The van der Waals surface area contributed by atoms with E-state index < -0.39 is 0 Å². The molecule has 2 N–H and O–H groups in total. The van der Waals surface area contributed by atoms with Crippen molar-refractivity contribution < 1.29 is 14.2 Å². The summed E-state index contributed by atoms with van der Waals surface area (Å²) in [6.45, 7) is 0.690. The minimum atomic E-state index is 0.548. The Balaban J connectivity index is 1.64. The van der Waals surface area contributed by atoms with Crippen molar-refractivity contribution in [3.63, 3.8) is 0 Å². The van der Waals surface area contributed by atoms with E-state index in [1.165, 1.54) is 0 Å². The maximum Gasteiger partial charge on any atom is 0.224 e. The van der Waals surface area contributed by atoms with Crippen LogP contribution in [-0.2, 0) is 6.42 Å². The molecule has 7 heteroatoms. The molecule has 0 bridgehead atoms. The molecule has 1 heterocycles. The predicted octanol–water partition coefficient (Wildman–Crippen LogP) is 3.90. The highest BCUT2D eigenvalue weighted by molar-refractivity contribution is 5.66. The van der Waals surface area contributed by atoms with E-state index in [4.69, 9.17) is 14.2 Å². The lowest BCUT2D eigenvalue weighted by molar-refractivity contribution is 0.395. The maximum absolute atomic E-state index is 5.41. The van der Waals surface area contributed by atoms with Crippen molar-refractivity contribution in [2.45, 2.75) is 6.42 Å². The summed E-state index contributed by atoms with van der Waals surface area (Å²) in [5.74, 6) is 3.49. The van der Waals surface area contributed by atoms with Crippen LogP contribution in [0, 0.1) is 0 Å². The van der Waals surface area contributed by atoms with Gasteiger partial charge in [-0.2, -0.15) is 4.98 Å². The summed E-state index contributed by atoms with van der Waals surface area (Å²) >= 11 is 0. The van der Waals surface area contributed by atoms with E-state index in [1.54, 1.807) is 33.6 Å². The van der Waals surface area contributed by atoms with Gasteiger partial charge in [0, 0.05) is 18.8 Å². The smallest absolute Gasteiger partial charge is 0.224 e. The summed E-state index contributed by atoms with van der Waals surface area (Å²) in [7, 11) is 4.91. The number of aromatic nitrogens is 2. The molecule has 0 aliphatic rings. The standard InChI is InChI=1S/C21H24N4O3/c1-26-16-8-9-17(19(14-16)28-3)24-20-11-13-23-21(25-20)22-12-10-15-6-4-5-7-18(15)27-2/h4-9,11,13-14H,10,12H2,1-3H3,(H2,22,23,24,25). The second-order valence-electron chi connectivity index (χ2n) is 5.95. The minimum absolute atomic E-state index is 0.548. The number of para-hydroxylation sites is 1. The van der Waals surface area contributed by atoms with Crippen molar-refractivity contribution in [3.8, 4) is 17.2 Å². The van der Waals surface area contributed by atoms with Gasteiger partial charge in [0.2, 0.25) is 5.95 Å². The highest BCUT2D eigenvalue weighted by atomic mass is 16.5. The van der Waals surface area contributed by atoms with E-state index in [1.807, 2.05) is 36.4 Å². The Kier molecular flexibility index (Phi) is 6.51. The Hall–Kier alpha value is -3.48. The Labute approximate surface area is 164 Å². The number of nitrogens with zero attached hydrogens (tertiary/aromatic N) is 2. The molecule has 0 amide bonds. The van der Waals surface area contributed by atoms with Crippen molar-refractivity contribution in [2.24, 2.45) is 0 Å². The molecule has 3 rings (SSSR count). The van der Waals surface area contributed by atoms with E-state index in [0.29, 0.717) is 24.1 Å².